The number of nitrogens with two attached hydrogens (primary N) is 1. The van der Waals surface area contributed by atoms with Gasteiger partial charge in [-0.05, 0) is 80.0 Å². The Bertz CT molecular complexity index is 1770. The SMILES string of the molecule is NC(=O)c1ccc(-c2cc3c(-c4nc(N5CCC6NCCCC65)c5c(C6CC6)cncc5n4)ccnc3[nH]2)cc1. The van der Waals surface area contributed by atoms with Gasteiger partial charge in [0, 0.05) is 58.6 Å². The van der Waals surface area contributed by atoms with Crippen LogP contribution in [0.1, 0.15) is 53.9 Å². The Hall–Kier alpha value is -4.37. The van der Waals surface area contributed by atoms with Crippen molar-refractivity contribution >= 4 is 33.7 Å². The first-order chi connectivity index (χ1) is 19.6. The quantitative estimate of drug-likeness (QED) is 0.305. The molecule has 2 atom stereocenters. The van der Waals surface area contributed by atoms with E-state index in [0.29, 0.717) is 29.4 Å². The molecule has 0 radical (unpaired) electrons. The number of carbonyl (C=O) groups is 1. The zero-order valence-corrected chi connectivity index (χ0v) is 22.1. The summed E-state index contributed by atoms with van der Waals surface area (Å²) in [5.41, 5.74) is 11.6. The zero-order chi connectivity index (χ0) is 26.8. The molecule has 200 valence electrons. The van der Waals surface area contributed by atoms with Crippen molar-refractivity contribution in [2.45, 2.75) is 50.1 Å². The van der Waals surface area contributed by atoms with Crippen LogP contribution in [-0.2, 0) is 0 Å². The minimum absolute atomic E-state index is 0.441. The largest absolute Gasteiger partial charge is 0.366 e. The fourth-order valence-corrected chi connectivity index (χ4v) is 6.62. The normalized spacial score (nSPS) is 20.8. The molecule has 40 heavy (non-hydrogen) atoms. The van der Waals surface area contributed by atoms with Gasteiger partial charge in [-0.25, -0.2) is 15.0 Å². The number of pyridine rings is 2. The van der Waals surface area contributed by atoms with Crippen molar-refractivity contribution in [1.82, 2.24) is 30.2 Å². The van der Waals surface area contributed by atoms with Gasteiger partial charge in [0.1, 0.15) is 11.5 Å². The summed E-state index contributed by atoms with van der Waals surface area (Å²) in [6.45, 7) is 2.08. The Morgan fingerprint density at radius 3 is 2.73 bits per heavy atom. The van der Waals surface area contributed by atoms with E-state index in [2.05, 4.69) is 31.2 Å². The number of hydrogen-bond donors (Lipinski definition) is 3. The van der Waals surface area contributed by atoms with Crippen molar-refractivity contribution in [3.63, 3.8) is 0 Å². The van der Waals surface area contributed by atoms with Crippen LogP contribution in [-0.4, -0.2) is 56.0 Å². The second kappa shape index (κ2) is 9.09. The van der Waals surface area contributed by atoms with Crippen LogP contribution >= 0.6 is 0 Å². The van der Waals surface area contributed by atoms with Crippen molar-refractivity contribution < 1.29 is 4.79 Å². The van der Waals surface area contributed by atoms with Gasteiger partial charge in [0.15, 0.2) is 5.82 Å². The molecule has 9 nitrogen and oxygen atoms in total. The molecule has 1 saturated carbocycles. The number of benzene rings is 1. The first-order valence-electron chi connectivity index (χ1n) is 14.2. The number of hydrogen-bond acceptors (Lipinski definition) is 7. The molecule has 4 N–H and O–H groups in total. The Balaban J connectivity index is 1.28. The number of nitrogens with zero attached hydrogens (tertiary/aromatic N) is 5. The van der Waals surface area contributed by atoms with Gasteiger partial charge < -0.3 is 20.9 Å². The number of nitrogens with one attached hydrogen (secondary N) is 2. The number of aromatic nitrogens is 5. The smallest absolute Gasteiger partial charge is 0.248 e. The van der Waals surface area contributed by atoms with Crippen molar-refractivity contribution in [1.29, 1.82) is 0 Å². The fraction of sp³-hybridized carbons (Fsp3) is 0.323. The average Bonchev–Trinajstić information content (AvgIpc) is 3.59. The highest BCUT2D eigenvalue weighted by molar-refractivity contribution is 5.99. The van der Waals surface area contributed by atoms with Crippen molar-refractivity contribution in [2.75, 3.05) is 18.0 Å². The van der Waals surface area contributed by atoms with Crippen molar-refractivity contribution in [3.8, 4) is 22.6 Å². The van der Waals surface area contributed by atoms with Gasteiger partial charge in [-0.1, -0.05) is 12.1 Å². The molecular weight excluding hydrogens is 500 g/mol. The maximum absolute atomic E-state index is 11.5. The van der Waals surface area contributed by atoms with Crippen LogP contribution in [0.3, 0.4) is 0 Å². The molecule has 2 saturated heterocycles. The predicted octanol–water partition coefficient (Wildman–Crippen LogP) is 4.54. The number of fused-ring (bicyclic) bond motifs is 3. The van der Waals surface area contributed by atoms with Crippen LogP contribution in [0.5, 0.6) is 0 Å². The van der Waals surface area contributed by atoms with E-state index in [9.17, 15) is 4.79 Å². The second-order valence-electron chi connectivity index (χ2n) is 11.3. The maximum atomic E-state index is 11.5. The van der Waals surface area contributed by atoms with Crippen LogP contribution in [0.4, 0.5) is 5.82 Å². The molecule has 3 aliphatic rings. The number of anilines is 1. The number of piperidine rings is 1. The monoisotopic (exact) mass is 530 g/mol. The molecule has 8 rings (SSSR count). The maximum Gasteiger partial charge on any atom is 0.248 e. The third-order valence-electron chi connectivity index (χ3n) is 8.79. The van der Waals surface area contributed by atoms with Crippen LogP contribution < -0.4 is 16.0 Å². The van der Waals surface area contributed by atoms with Crippen LogP contribution in [0.2, 0.25) is 0 Å². The summed E-state index contributed by atoms with van der Waals surface area (Å²) in [6.07, 6.45) is 11.6. The lowest BCUT2D eigenvalue weighted by Crippen LogP contribution is -2.47. The van der Waals surface area contributed by atoms with Crippen LogP contribution in [0, 0.1) is 0 Å². The molecule has 5 aromatic rings. The lowest BCUT2D eigenvalue weighted by atomic mass is 9.99. The lowest BCUT2D eigenvalue weighted by Gasteiger charge is -2.34. The molecular formula is C31H30N8O. The van der Waals surface area contributed by atoms with E-state index in [0.717, 1.165) is 58.7 Å². The molecule has 2 unspecified atom stereocenters. The minimum Gasteiger partial charge on any atom is -0.366 e. The molecule has 0 bridgehead atoms. The van der Waals surface area contributed by atoms with Gasteiger partial charge in [-0.15, -0.1) is 0 Å². The fourth-order valence-electron chi connectivity index (χ4n) is 6.62. The molecule has 1 amide bonds. The summed E-state index contributed by atoms with van der Waals surface area (Å²) in [7, 11) is 0. The number of carbonyl (C=O) groups excluding carboxylic acids is 1. The summed E-state index contributed by atoms with van der Waals surface area (Å²) in [5.74, 6) is 1.84. The topological polar surface area (TPSA) is 126 Å². The number of H-pyrrole nitrogens is 1. The minimum atomic E-state index is -0.441. The van der Waals surface area contributed by atoms with Crippen molar-refractivity contribution in [3.05, 3.63) is 66.1 Å². The standard InChI is InChI=1S/C31H30N8O/c32-28(40)19-7-5-18(6-8-19)24-14-21-20(9-12-35-29(21)36-24)30-37-25-16-33-15-22(17-3-4-17)27(25)31(38-30)39-13-10-23-26(39)2-1-11-34-23/h5-9,12,14-17,23,26,34H,1-4,10-11,13H2,(H2,32,40)(H,35,36). The summed E-state index contributed by atoms with van der Waals surface area (Å²) >= 11 is 0. The Morgan fingerprint density at radius 2 is 1.90 bits per heavy atom. The molecule has 3 fully saturated rings. The number of amides is 1. The summed E-state index contributed by atoms with van der Waals surface area (Å²) in [5, 5.41) is 5.86. The highest BCUT2D eigenvalue weighted by Gasteiger charge is 2.38. The molecule has 2 aliphatic heterocycles. The summed E-state index contributed by atoms with van der Waals surface area (Å²) in [4.78, 5) is 37.2. The second-order valence-corrected chi connectivity index (χ2v) is 11.3. The van der Waals surface area contributed by atoms with Gasteiger partial charge in [-0.2, -0.15) is 0 Å². The number of primary amides is 1. The van der Waals surface area contributed by atoms with E-state index in [-0.39, 0.29) is 0 Å². The predicted molar refractivity (Wildman–Crippen MR) is 155 cm³/mol. The van der Waals surface area contributed by atoms with E-state index in [4.69, 9.17) is 15.7 Å². The molecule has 1 aromatic carbocycles. The van der Waals surface area contributed by atoms with E-state index < -0.39 is 5.91 Å². The third kappa shape index (κ3) is 3.83. The molecule has 9 heteroatoms. The van der Waals surface area contributed by atoms with Gasteiger partial charge in [0.05, 0.1) is 11.7 Å². The van der Waals surface area contributed by atoms with E-state index in [1.165, 1.54) is 36.6 Å². The zero-order valence-electron chi connectivity index (χ0n) is 22.1. The Kier molecular flexibility index (Phi) is 5.34. The van der Waals surface area contributed by atoms with Crippen molar-refractivity contribution in [2.24, 2.45) is 5.73 Å². The summed E-state index contributed by atoms with van der Waals surface area (Å²) in [6, 6.07) is 12.3. The number of rotatable bonds is 5. The van der Waals surface area contributed by atoms with E-state index in [1.54, 1.807) is 18.3 Å². The van der Waals surface area contributed by atoms with Crippen LogP contribution in [0.15, 0.2) is 55.0 Å². The van der Waals surface area contributed by atoms with E-state index >= 15 is 0 Å². The Morgan fingerprint density at radius 1 is 1.02 bits per heavy atom. The molecule has 0 spiro atoms. The molecule has 4 aromatic heterocycles. The molecule has 1 aliphatic carbocycles. The van der Waals surface area contributed by atoms with Gasteiger partial charge in [0.2, 0.25) is 5.91 Å². The third-order valence-corrected chi connectivity index (χ3v) is 8.79. The van der Waals surface area contributed by atoms with Crippen LogP contribution in [0.25, 0.3) is 44.6 Å². The van der Waals surface area contributed by atoms with Gasteiger partial charge in [0.25, 0.3) is 0 Å². The highest BCUT2D eigenvalue weighted by Crippen LogP contribution is 2.46. The average molecular weight is 531 g/mol. The highest BCUT2D eigenvalue weighted by atomic mass is 16.1. The number of aromatic amines is 1. The molecule has 6 heterocycles. The lowest BCUT2D eigenvalue weighted by molar-refractivity contribution is 0.100. The summed E-state index contributed by atoms with van der Waals surface area (Å²) < 4.78 is 0. The van der Waals surface area contributed by atoms with E-state index in [1.807, 2.05) is 30.6 Å². The van der Waals surface area contributed by atoms with Gasteiger partial charge >= 0.3 is 0 Å². The Labute approximate surface area is 231 Å². The first kappa shape index (κ1) is 23.5. The van der Waals surface area contributed by atoms with Gasteiger partial charge in [-0.3, -0.25) is 9.78 Å². The first-order valence-corrected chi connectivity index (χ1v) is 14.2.